The van der Waals surface area contributed by atoms with Gasteiger partial charge in [0.1, 0.15) is 16.6 Å². The highest BCUT2D eigenvalue weighted by atomic mass is 79.9. The molecular formula is C13H13BrN4O3. The lowest BCUT2D eigenvalue weighted by Crippen LogP contribution is -2.03. The smallest absolute Gasteiger partial charge is 0.314 e. The molecule has 0 aliphatic carbocycles. The second-order valence-electron chi connectivity index (χ2n) is 4.15. The van der Waals surface area contributed by atoms with E-state index in [0.717, 1.165) is 0 Å². The SMILES string of the molecule is CCNc1ncnc(Oc2cccc(C)c2[N+](=O)[O-])c1Br. The first-order chi connectivity index (χ1) is 10.0. The van der Waals surface area contributed by atoms with Gasteiger partial charge in [-0.2, -0.15) is 0 Å². The number of rotatable bonds is 5. The maximum atomic E-state index is 11.2. The minimum absolute atomic E-state index is 0.0759. The van der Waals surface area contributed by atoms with Crippen molar-refractivity contribution in [1.29, 1.82) is 0 Å². The van der Waals surface area contributed by atoms with Crippen LogP contribution in [-0.2, 0) is 0 Å². The number of nitro groups is 1. The molecule has 7 nitrogen and oxygen atoms in total. The Hall–Kier alpha value is -2.22. The van der Waals surface area contributed by atoms with Gasteiger partial charge in [0, 0.05) is 12.1 Å². The van der Waals surface area contributed by atoms with Crippen LogP contribution in [0.1, 0.15) is 12.5 Å². The molecule has 0 unspecified atom stereocenters. The number of aromatic nitrogens is 2. The first-order valence-electron chi connectivity index (χ1n) is 6.20. The maximum absolute atomic E-state index is 11.2. The zero-order valence-corrected chi connectivity index (χ0v) is 13.0. The van der Waals surface area contributed by atoms with Gasteiger partial charge in [-0.05, 0) is 35.8 Å². The van der Waals surface area contributed by atoms with E-state index in [-0.39, 0.29) is 17.3 Å². The summed E-state index contributed by atoms with van der Waals surface area (Å²) in [4.78, 5) is 18.8. The summed E-state index contributed by atoms with van der Waals surface area (Å²) in [5.74, 6) is 0.925. The monoisotopic (exact) mass is 352 g/mol. The summed E-state index contributed by atoms with van der Waals surface area (Å²) in [5, 5.41) is 14.2. The Morgan fingerprint density at radius 2 is 2.19 bits per heavy atom. The lowest BCUT2D eigenvalue weighted by Gasteiger charge is -2.10. The van der Waals surface area contributed by atoms with Crippen molar-refractivity contribution in [2.75, 3.05) is 11.9 Å². The predicted octanol–water partition coefficient (Wildman–Crippen LogP) is 3.68. The average molecular weight is 353 g/mol. The van der Waals surface area contributed by atoms with Crippen LogP contribution in [0.5, 0.6) is 11.6 Å². The van der Waals surface area contributed by atoms with Gasteiger partial charge in [-0.25, -0.2) is 9.97 Å². The third kappa shape index (κ3) is 3.27. The number of hydrogen-bond donors (Lipinski definition) is 1. The average Bonchev–Trinajstić information content (AvgIpc) is 2.43. The van der Waals surface area contributed by atoms with Crippen LogP contribution in [0.2, 0.25) is 0 Å². The van der Waals surface area contributed by atoms with Crippen LogP contribution in [-0.4, -0.2) is 21.4 Å². The van der Waals surface area contributed by atoms with Gasteiger partial charge in [0.2, 0.25) is 11.6 Å². The van der Waals surface area contributed by atoms with Gasteiger partial charge in [0.05, 0.1) is 4.92 Å². The van der Waals surface area contributed by atoms with Crippen LogP contribution < -0.4 is 10.1 Å². The van der Waals surface area contributed by atoms with E-state index in [4.69, 9.17) is 4.74 Å². The second-order valence-corrected chi connectivity index (χ2v) is 4.95. The van der Waals surface area contributed by atoms with Crippen molar-refractivity contribution in [1.82, 2.24) is 9.97 Å². The molecule has 2 rings (SSSR count). The van der Waals surface area contributed by atoms with Crippen molar-refractivity contribution in [3.05, 3.63) is 44.7 Å². The molecule has 0 fully saturated rings. The number of hydrogen-bond acceptors (Lipinski definition) is 6. The standard InChI is InChI=1S/C13H13BrN4O3/c1-3-15-12-10(14)13(17-7-16-12)21-9-6-4-5-8(2)11(9)18(19)20/h4-7H,3H2,1-2H3,(H,15,16,17). The molecule has 1 heterocycles. The van der Waals surface area contributed by atoms with Gasteiger partial charge in [-0.3, -0.25) is 10.1 Å². The molecule has 0 saturated heterocycles. The van der Waals surface area contributed by atoms with Crippen LogP contribution in [0.4, 0.5) is 11.5 Å². The van der Waals surface area contributed by atoms with Gasteiger partial charge in [0.15, 0.2) is 0 Å². The Labute approximate surface area is 129 Å². The molecule has 0 atom stereocenters. The molecule has 0 radical (unpaired) electrons. The van der Waals surface area contributed by atoms with Gasteiger partial charge in [0.25, 0.3) is 0 Å². The van der Waals surface area contributed by atoms with Crippen molar-refractivity contribution in [2.24, 2.45) is 0 Å². The molecule has 1 aromatic heterocycles. The normalized spacial score (nSPS) is 10.2. The Kier molecular flexibility index (Phi) is 4.69. The number of nitrogens with one attached hydrogen (secondary N) is 1. The third-order valence-electron chi connectivity index (χ3n) is 2.69. The van der Waals surface area contributed by atoms with E-state index >= 15 is 0 Å². The zero-order chi connectivity index (χ0) is 15.4. The Morgan fingerprint density at radius 1 is 1.43 bits per heavy atom. The van der Waals surface area contributed by atoms with E-state index in [2.05, 4.69) is 31.2 Å². The van der Waals surface area contributed by atoms with E-state index in [1.807, 2.05) is 6.92 Å². The highest BCUT2D eigenvalue weighted by Crippen LogP contribution is 2.37. The van der Waals surface area contributed by atoms with Crippen molar-refractivity contribution in [3.8, 4) is 11.6 Å². The summed E-state index contributed by atoms with van der Waals surface area (Å²) < 4.78 is 6.11. The lowest BCUT2D eigenvalue weighted by molar-refractivity contribution is -0.386. The fourth-order valence-corrected chi connectivity index (χ4v) is 2.19. The molecule has 0 spiro atoms. The fourth-order valence-electron chi connectivity index (χ4n) is 1.77. The molecule has 0 saturated carbocycles. The first kappa shape index (κ1) is 15.2. The minimum Gasteiger partial charge on any atom is -0.430 e. The molecular weight excluding hydrogens is 340 g/mol. The zero-order valence-electron chi connectivity index (χ0n) is 11.5. The number of anilines is 1. The number of para-hydroxylation sites is 1. The Bertz CT molecular complexity index is 678. The van der Waals surface area contributed by atoms with E-state index < -0.39 is 4.92 Å². The molecule has 2 aromatic rings. The molecule has 0 bridgehead atoms. The van der Waals surface area contributed by atoms with Crippen molar-refractivity contribution >= 4 is 27.4 Å². The van der Waals surface area contributed by atoms with Gasteiger partial charge >= 0.3 is 5.69 Å². The third-order valence-corrected chi connectivity index (χ3v) is 3.41. The van der Waals surface area contributed by atoms with Crippen molar-refractivity contribution in [2.45, 2.75) is 13.8 Å². The number of benzene rings is 1. The van der Waals surface area contributed by atoms with Crippen molar-refractivity contribution in [3.63, 3.8) is 0 Å². The highest BCUT2D eigenvalue weighted by molar-refractivity contribution is 9.10. The number of nitrogens with zero attached hydrogens (tertiary/aromatic N) is 3. The van der Waals surface area contributed by atoms with E-state index in [0.29, 0.717) is 22.4 Å². The molecule has 1 N–H and O–H groups in total. The Balaban J connectivity index is 2.42. The lowest BCUT2D eigenvalue weighted by atomic mass is 10.2. The quantitative estimate of drug-likeness (QED) is 0.651. The summed E-state index contributed by atoms with van der Waals surface area (Å²) in [6.07, 6.45) is 1.33. The molecule has 1 aromatic carbocycles. The summed E-state index contributed by atoms with van der Waals surface area (Å²) in [5.41, 5.74) is 0.447. The Morgan fingerprint density at radius 3 is 2.86 bits per heavy atom. The van der Waals surface area contributed by atoms with E-state index in [1.165, 1.54) is 12.4 Å². The molecule has 0 aliphatic rings. The van der Waals surface area contributed by atoms with Crippen LogP contribution in [0.25, 0.3) is 0 Å². The van der Waals surface area contributed by atoms with Gasteiger partial charge < -0.3 is 10.1 Å². The fraction of sp³-hybridized carbons (Fsp3) is 0.231. The molecule has 0 amide bonds. The number of halogens is 1. The van der Waals surface area contributed by atoms with Crippen molar-refractivity contribution < 1.29 is 9.66 Å². The maximum Gasteiger partial charge on any atom is 0.314 e. The van der Waals surface area contributed by atoms with E-state index in [9.17, 15) is 10.1 Å². The van der Waals surface area contributed by atoms with Gasteiger partial charge in [-0.15, -0.1) is 0 Å². The molecule has 0 aliphatic heterocycles. The second kappa shape index (κ2) is 6.49. The van der Waals surface area contributed by atoms with Crippen LogP contribution in [0, 0.1) is 17.0 Å². The molecule has 8 heteroatoms. The minimum atomic E-state index is -0.467. The molecule has 110 valence electrons. The van der Waals surface area contributed by atoms with Crippen LogP contribution in [0.3, 0.4) is 0 Å². The predicted molar refractivity (Wildman–Crippen MR) is 81.8 cm³/mol. The van der Waals surface area contributed by atoms with Crippen LogP contribution in [0.15, 0.2) is 29.0 Å². The largest absolute Gasteiger partial charge is 0.430 e. The number of aryl methyl sites for hydroxylation is 1. The summed E-state index contributed by atoms with van der Waals surface area (Å²) in [6, 6.07) is 4.88. The topological polar surface area (TPSA) is 90.2 Å². The van der Waals surface area contributed by atoms with Crippen LogP contribution >= 0.6 is 15.9 Å². The number of ether oxygens (including phenoxy) is 1. The number of nitro benzene ring substituents is 1. The highest BCUT2D eigenvalue weighted by Gasteiger charge is 2.20. The summed E-state index contributed by atoms with van der Waals surface area (Å²) >= 11 is 3.34. The summed E-state index contributed by atoms with van der Waals surface area (Å²) in [6.45, 7) is 4.27. The van der Waals surface area contributed by atoms with Gasteiger partial charge in [-0.1, -0.05) is 12.1 Å². The first-order valence-corrected chi connectivity index (χ1v) is 7.00. The molecule has 21 heavy (non-hydrogen) atoms. The van der Waals surface area contributed by atoms with E-state index in [1.54, 1.807) is 19.1 Å². The summed E-state index contributed by atoms with van der Waals surface area (Å²) in [7, 11) is 0.